The molecule has 0 fully saturated rings. The zero-order valence-corrected chi connectivity index (χ0v) is 37.2. The summed E-state index contributed by atoms with van der Waals surface area (Å²) in [6.07, 6.45) is 15.2. The van der Waals surface area contributed by atoms with Crippen LogP contribution in [0.5, 0.6) is 0 Å². The van der Waals surface area contributed by atoms with E-state index >= 15 is 0 Å². The maximum absolute atomic E-state index is 12.5. The Bertz CT molecular complexity index is 4470. The lowest BCUT2D eigenvalue weighted by Gasteiger charge is -2.28. The highest BCUT2D eigenvalue weighted by molar-refractivity contribution is 7.21. The summed E-state index contributed by atoms with van der Waals surface area (Å²) in [4.78, 5) is 24.7. The average Bonchev–Trinajstić information content (AvgIpc) is 4.22. The molecule has 10 nitrogen and oxygen atoms in total. The Balaban J connectivity index is 1.33. The number of hydrogen-bond acceptors (Lipinski definition) is 7. The van der Waals surface area contributed by atoms with Crippen molar-refractivity contribution in [3.63, 3.8) is 0 Å². The molecule has 0 aliphatic rings. The number of benzene rings is 6. The molecule has 0 atom stereocenters. The molecule has 0 N–H and O–H groups in total. The fraction of sp³-hybridized carbons (Fsp3) is 0. The molecule has 0 aliphatic carbocycles. The molecule has 320 valence electrons. The lowest BCUT2D eigenvalue weighted by molar-refractivity contribution is 1.01. The minimum atomic E-state index is 0.442. The molecule has 0 aliphatic heterocycles. The van der Waals surface area contributed by atoms with Crippen LogP contribution in [0.1, 0.15) is 5.56 Å². The number of thiazole rings is 1. The zero-order chi connectivity index (χ0) is 45.3. The third kappa shape index (κ3) is 5.09. The Labute approximate surface area is 395 Å². The molecule has 0 bridgehead atoms. The van der Waals surface area contributed by atoms with E-state index in [1.165, 1.54) is 0 Å². The Morgan fingerprint density at radius 1 is 0.362 bits per heavy atom. The Morgan fingerprint density at radius 3 is 1.13 bits per heavy atom. The lowest BCUT2D eigenvalue weighted by atomic mass is 9.97. The van der Waals surface area contributed by atoms with Crippen LogP contribution in [0.25, 0.3) is 131 Å². The molecule has 15 aromatic rings. The van der Waals surface area contributed by atoms with Gasteiger partial charge in [0.2, 0.25) is 0 Å². The number of rotatable bonds is 5. The van der Waals surface area contributed by atoms with E-state index in [2.05, 4.69) is 152 Å². The van der Waals surface area contributed by atoms with Crippen molar-refractivity contribution in [3.05, 3.63) is 201 Å². The van der Waals surface area contributed by atoms with E-state index in [4.69, 9.17) is 24.9 Å². The molecule has 0 unspecified atom stereocenters. The van der Waals surface area contributed by atoms with Crippen LogP contribution in [-0.2, 0) is 0 Å². The SMILES string of the molecule is N#Cc1c(-c2nc3ccccc3s2)c(-n2c3ccccc3c3ccncc32)c(-n2c3ccccc3c3ccncc32)c(-n2c3ccccc3c3ccncc32)c1-n1c2ccccc2c2ccncc21. The van der Waals surface area contributed by atoms with Gasteiger partial charge in [-0.2, -0.15) is 5.26 Å². The second-order valence-electron chi connectivity index (χ2n) is 17.2. The van der Waals surface area contributed by atoms with Gasteiger partial charge < -0.3 is 18.3 Å². The summed E-state index contributed by atoms with van der Waals surface area (Å²) in [5, 5.41) is 21.5. The molecule has 11 heteroatoms. The minimum Gasteiger partial charge on any atom is -0.305 e. The number of nitrogens with zero attached hydrogens (tertiary/aromatic N) is 10. The van der Waals surface area contributed by atoms with Gasteiger partial charge in [-0.3, -0.25) is 19.9 Å². The van der Waals surface area contributed by atoms with E-state index in [0.717, 1.165) is 115 Å². The summed E-state index contributed by atoms with van der Waals surface area (Å²) in [6.45, 7) is 0. The van der Waals surface area contributed by atoms with Crippen LogP contribution in [0.15, 0.2) is 195 Å². The monoisotopic (exact) mass is 900 g/mol. The maximum atomic E-state index is 12.5. The molecule has 0 radical (unpaired) electrons. The molecule has 9 heterocycles. The highest BCUT2D eigenvalue weighted by Crippen LogP contribution is 2.52. The highest BCUT2D eigenvalue weighted by atomic mass is 32.1. The molecule has 0 spiro atoms. The van der Waals surface area contributed by atoms with Crippen molar-refractivity contribution in [1.29, 1.82) is 5.26 Å². The van der Waals surface area contributed by atoms with Crippen LogP contribution in [0.4, 0.5) is 0 Å². The van der Waals surface area contributed by atoms with Gasteiger partial charge in [-0.15, -0.1) is 11.3 Å². The molecule has 15 rings (SSSR count). The number of pyridine rings is 4. The first-order chi connectivity index (χ1) is 34.3. The molecular weight excluding hydrogens is 869 g/mol. The van der Waals surface area contributed by atoms with Crippen molar-refractivity contribution in [2.75, 3.05) is 0 Å². The van der Waals surface area contributed by atoms with Crippen LogP contribution in [0, 0.1) is 11.3 Å². The average molecular weight is 901 g/mol. The van der Waals surface area contributed by atoms with Crippen molar-refractivity contribution in [3.8, 4) is 39.4 Å². The van der Waals surface area contributed by atoms with E-state index < -0.39 is 0 Å². The zero-order valence-electron chi connectivity index (χ0n) is 36.4. The predicted molar refractivity (Wildman–Crippen MR) is 278 cm³/mol. The van der Waals surface area contributed by atoms with Crippen molar-refractivity contribution in [2.24, 2.45) is 0 Å². The molecule has 6 aromatic carbocycles. The third-order valence-corrected chi connectivity index (χ3v) is 14.9. The largest absolute Gasteiger partial charge is 0.305 e. The molecule has 0 saturated carbocycles. The smallest absolute Gasteiger partial charge is 0.128 e. The van der Waals surface area contributed by atoms with Gasteiger partial charge in [-0.25, -0.2) is 4.98 Å². The summed E-state index contributed by atoms with van der Waals surface area (Å²) in [5.74, 6) is 0. The topological polar surface area (TPSA) is 108 Å². The van der Waals surface area contributed by atoms with E-state index in [0.29, 0.717) is 21.8 Å². The minimum absolute atomic E-state index is 0.442. The van der Waals surface area contributed by atoms with Crippen LogP contribution in [-0.4, -0.2) is 43.2 Å². The fourth-order valence-corrected chi connectivity index (χ4v) is 12.1. The van der Waals surface area contributed by atoms with E-state index in [1.54, 1.807) is 11.3 Å². The molecule has 0 amide bonds. The van der Waals surface area contributed by atoms with Gasteiger partial charge in [-0.1, -0.05) is 84.9 Å². The van der Waals surface area contributed by atoms with Gasteiger partial charge in [0.15, 0.2) is 0 Å². The van der Waals surface area contributed by atoms with Gasteiger partial charge in [0.25, 0.3) is 0 Å². The maximum Gasteiger partial charge on any atom is 0.128 e. The van der Waals surface area contributed by atoms with Gasteiger partial charge in [0.05, 0.1) is 113 Å². The highest BCUT2D eigenvalue weighted by Gasteiger charge is 2.36. The Hall–Kier alpha value is -9.50. The van der Waals surface area contributed by atoms with Crippen molar-refractivity contribution in [2.45, 2.75) is 0 Å². The summed E-state index contributed by atoms with van der Waals surface area (Å²) < 4.78 is 10.3. The number of hydrogen-bond donors (Lipinski definition) is 0. The van der Waals surface area contributed by atoms with Gasteiger partial charge >= 0.3 is 0 Å². The quantitative estimate of drug-likeness (QED) is 0.170. The summed E-state index contributed by atoms with van der Waals surface area (Å²) in [5.41, 5.74) is 12.3. The van der Waals surface area contributed by atoms with Crippen LogP contribution in [0.2, 0.25) is 0 Å². The van der Waals surface area contributed by atoms with E-state index in [9.17, 15) is 5.26 Å². The van der Waals surface area contributed by atoms with Crippen LogP contribution >= 0.6 is 11.3 Å². The number of fused-ring (bicyclic) bond motifs is 13. The lowest BCUT2D eigenvalue weighted by Crippen LogP contribution is -2.17. The first kappa shape index (κ1) is 37.7. The van der Waals surface area contributed by atoms with Crippen LogP contribution in [0.3, 0.4) is 0 Å². The second kappa shape index (κ2) is 14.3. The first-order valence-electron chi connectivity index (χ1n) is 22.6. The van der Waals surface area contributed by atoms with Gasteiger partial charge in [-0.05, 0) is 60.7 Å². The summed E-state index contributed by atoms with van der Waals surface area (Å²) in [6, 6.07) is 53.4. The summed E-state index contributed by atoms with van der Waals surface area (Å²) >= 11 is 1.59. The molecule has 0 saturated heterocycles. The van der Waals surface area contributed by atoms with Crippen LogP contribution < -0.4 is 0 Å². The van der Waals surface area contributed by atoms with Crippen molar-refractivity contribution >= 4 is 109 Å². The predicted octanol–water partition coefficient (Wildman–Crippen LogP) is 13.8. The normalized spacial score (nSPS) is 12.0. The van der Waals surface area contributed by atoms with Crippen molar-refractivity contribution < 1.29 is 0 Å². The Kier molecular flexibility index (Phi) is 7.78. The second-order valence-corrected chi connectivity index (χ2v) is 18.3. The number of nitriles is 1. The molecule has 9 aromatic heterocycles. The fourth-order valence-electron chi connectivity index (χ4n) is 11.1. The molecular formula is C58H32N10S. The van der Waals surface area contributed by atoms with Gasteiger partial charge in [0, 0.05) is 67.9 Å². The van der Waals surface area contributed by atoms with E-state index in [1.807, 2.05) is 67.8 Å². The first-order valence-corrected chi connectivity index (χ1v) is 23.4. The van der Waals surface area contributed by atoms with E-state index in [-0.39, 0.29) is 0 Å². The van der Waals surface area contributed by atoms with Crippen molar-refractivity contribution in [1.82, 2.24) is 43.2 Å². The standard InChI is InChI=1S/C58H32N10S/c59-29-42-53(58-64-43-15-5-10-20-52(43)69-58)55(66-45-17-7-2-12-35(45)39-22-26-61-31-49(39)66)57(68-47-19-9-4-14-37(47)41-24-28-63-33-51(41)68)56(67-46-18-8-3-13-36(46)40-23-27-62-32-50(40)67)54(42)65-44-16-6-1-11-34(44)38-21-25-60-30-48(38)65/h1-28,30-33H. The number of aromatic nitrogens is 9. The number of para-hydroxylation sites is 5. The Morgan fingerprint density at radius 2 is 0.710 bits per heavy atom. The van der Waals surface area contributed by atoms with Gasteiger partial charge in [0.1, 0.15) is 11.1 Å². The molecule has 69 heavy (non-hydrogen) atoms. The summed E-state index contributed by atoms with van der Waals surface area (Å²) in [7, 11) is 0. The third-order valence-electron chi connectivity index (χ3n) is 13.8.